The molecule has 0 bridgehead atoms. The molecule has 0 aliphatic rings. The maximum atomic E-state index is 13.2. The van der Waals surface area contributed by atoms with Gasteiger partial charge in [0.15, 0.2) is 9.84 Å². The van der Waals surface area contributed by atoms with Gasteiger partial charge in [-0.25, -0.2) is 16.8 Å². The number of carbonyl (C=O) groups excluding carboxylic acids is 2. The third-order valence-electron chi connectivity index (χ3n) is 5.87. The highest BCUT2D eigenvalue weighted by atomic mass is 35.5. The SMILES string of the molecule is Cc1ccc(S(=O)(=O)N[C@@H](Cc2ccc3ccccc3n2)C(=O)NCC(=O)N[C@H](/C=C(\Cl)S(C)(=O)=O)CC(=O)O)cc1. The lowest BCUT2D eigenvalue weighted by Gasteiger charge is -2.19. The maximum Gasteiger partial charge on any atom is 0.305 e. The van der Waals surface area contributed by atoms with Crippen molar-refractivity contribution >= 4 is 60.1 Å². The molecule has 2 atom stereocenters. The van der Waals surface area contributed by atoms with Gasteiger partial charge in [0.1, 0.15) is 10.4 Å². The van der Waals surface area contributed by atoms with Gasteiger partial charge < -0.3 is 15.7 Å². The summed E-state index contributed by atoms with van der Waals surface area (Å²) in [7, 11) is -8.02. The lowest BCUT2D eigenvalue weighted by atomic mass is 10.1. The summed E-state index contributed by atoms with van der Waals surface area (Å²) in [5.41, 5.74) is 1.88. The van der Waals surface area contributed by atoms with Crippen LogP contribution in [0.3, 0.4) is 0 Å². The summed E-state index contributed by atoms with van der Waals surface area (Å²) in [5, 5.41) is 14.6. The van der Waals surface area contributed by atoms with Gasteiger partial charge in [0.05, 0.1) is 29.4 Å². The number of hydrogen-bond acceptors (Lipinski definition) is 8. The first-order chi connectivity index (χ1) is 19.6. The fourth-order valence-electron chi connectivity index (χ4n) is 3.76. The van der Waals surface area contributed by atoms with E-state index in [0.29, 0.717) is 11.2 Å². The molecular formula is C27H29ClN4O8S2. The molecule has 0 unspecified atom stereocenters. The number of sulfonamides is 1. The second-order valence-electron chi connectivity index (χ2n) is 9.42. The summed E-state index contributed by atoms with van der Waals surface area (Å²) < 4.78 is 51.2. The third kappa shape index (κ3) is 9.62. The molecule has 1 aromatic heterocycles. The van der Waals surface area contributed by atoms with E-state index in [-0.39, 0.29) is 11.3 Å². The molecule has 2 amide bonds. The van der Waals surface area contributed by atoms with Crippen LogP contribution in [0.25, 0.3) is 10.9 Å². The molecule has 3 rings (SSSR count). The minimum absolute atomic E-state index is 0.0684. The number of carbonyl (C=O) groups is 3. The molecule has 4 N–H and O–H groups in total. The Morgan fingerprint density at radius 2 is 1.67 bits per heavy atom. The summed E-state index contributed by atoms with van der Waals surface area (Å²) in [6.45, 7) is 1.12. The smallest absolute Gasteiger partial charge is 0.305 e. The van der Waals surface area contributed by atoms with Gasteiger partial charge in [-0.05, 0) is 37.3 Å². The largest absolute Gasteiger partial charge is 0.481 e. The van der Waals surface area contributed by atoms with E-state index in [4.69, 9.17) is 16.7 Å². The number of amides is 2. The number of aliphatic carboxylic acids is 1. The number of pyridine rings is 1. The van der Waals surface area contributed by atoms with Crippen molar-refractivity contribution in [1.29, 1.82) is 0 Å². The van der Waals surface area contributed by atoms with Crippen molar-refractivity contribution in [2.75, 3.05) is 12.8 Å². The number of nitrogens with zero attached hydrogens (tertiary/aromatic N) is 1. The van der Waals surface area contributed by atoms with Gasteiger partial charge in [0, 0.05) is 23.8 Å². The normalized spacial score (nSPS) is 13.7. The zero-order chi connectivity index (χ0) is 31.1. The quantitative estimate of drug-likeness (QED) is 0.216. The third-order valence-corrected chi connectivity index (χ3v) is 9.16. The number of benzene rings is 2. The fraction of sp³-hybridized carbons (Fsp3) is 0.259. The van der Waals surface area contributed by atoms with E-state index < -0.39 is 67.1 Å². The number of nitrogens with one attached hydrogen (secondary N) is 3. The Morgan fingerprint density at radius 1 is 1.00 bits per heavy atom. The Kier molecular flexibility index (Phi) is 10.8. The minimum Gasteiger partial charge on any atom is -0.481 e. The van der Waals surface area contributed by atoms with Crippen LogP contribution in [0.2, 0.25) is 0 Å². The van der Waals surface area contributed by atoms with Crippen molar-refractivity contribution in [2.45, 2.75) is 36.7 Å². The maximum absolute atomic E-state index is 13.2. The molecule has 0 spiro atoms. The zero-order valence-electron chi connectivity index (χ0n) is 22.6. The molecule has 0 radical (unpaired) electrons. The van der Waals surface area contributed by atoms with Gasteiger partial charge in [0.25, 0.3) is 0 Å². The Bertz CT molecular complexity index is 1730. The van der Waals surface area contributed by atoms with Crippen molar-refractivity contribution in [3.05, 3.63) is 82.4 Å². The number of fused-ring (bicyclic) bond motifs is 1. The standard InChI is InChI=1S/C27H29ClN4O8S2/c1-17-7-11-21(12-8-17)42(39,40)32-23(13-19-10-9-18-5-3-4-6-22(18)30-19)27(36)29-16-25(33)31-20(15-26(34)35)14-24(28)41(2,37)38/h3-12,14,20,23,32H,13,15-16H2,1-2H3,(H,29,36)(H,31,33)(H,34,35)/b24-14+/t20-,23+/m1/s1. The summed E-state index contributed by atoms with van der Waals surface area (Å²) in [6, 6.07) is 14.0. The monoisotopic (exact) mass is 636 g/mol. The van der Waals surface area contributed by atoms with E-state index in [1.807, 2.05) is 12.1 Å². The van der Waals surface area contributed by atoms with E-state index in [9.17, 15) is 31.2 Å². The Hall–Kier alpha value is -3.85. The van der Waals surface area contributed by atoms with E-state index in [1.165, 1.54) is 12.1 Å². The number of hydrogen-bond donors (Lipinski definition) is 4. The van der Waals surface area contributed by atoms with Crippen molar-refractivity contribution in [1.82, 2.24) is 20.3 Å². The zero-order valence-corrected chi connectivity index (χ0v) is 25.0. The van der Waals surface area contributed by atoms with Crippen LogP contribution >= 0.6 is 11.6 Å². The number of rotatable bonds is 13. The van der Waals surface area contributed by atoms with Crippen molar-refractivity contribution in [2.24, 2.45) is 0 Å². The van der Waals surface area contributed by atoms with Crippen molar-refractivity contribution < 1.29 is 36.3 Å². The first-order valence-corrected chi connectivity index (χ1v) is 16.2. The first-order valence-electron chi connectivity index (χ1n) is 12.4. The highest BCUT2D eigenvalue weighted by Gasteiger charge is 2.27. The van der Waals surface area contributed by atoms with Crippen LogP contribution in [0, 0.1) is 6.92 Å². The number of para-hydroxylation sites is 1. The molecule has 224 valence electrons. The molecule has 42 heavy (non-hydrogen) atoms. The fourth-order valence-corrected chi connectivity index (χ4v) is 5.52. The highest BCUT2D eigenvalue weighted by Crippen LogP contribution is 2.16. The van der Waals surface area contributed by atoms with E-state index in [2.05, 4.69) is 20.3 Å². The summed E-state index contributed by atoms with van der Waals surface area (Å²) in [5.74, 6) is -3.06. The van der Waals surface area contributed by atoms with E-state index in [1.54, 1.807) is 43.3 Å². The number of halogens is 1. The number of aryl methyl sites for hydroxylation is 1. The van der Waals surface area contributed by atoms with Crippen LogP contribution < -0.4 is 15.4 Å². The van der Waals surface area contributed by atoms with Crippen LogP contribution in [0.1, 0.15) is 17.7 Å². The number of carboxylic acids is 1. The van der Waals surface area contributed by atoms with Crippen molar-refractivity contribution in [3.63, 3.8) is 0 Å². The average molecular weight is 637 g/mol. The van der Waals surface area contributed by atoms with E-state index in [0.717, 1.165) is 23.3 Å². The molecular weight excluding hydrogens is 608 g/mol. The predicted molar refractivity (Wildman–Crippen MR) is 157 cm³/mol. The molecule has 0 aliphatic carbocycles. The number of carboxylic acid groups (broad SMARTS) is 1. The Balaban J connectivity index is 1.80. The van der Waals surface area contributed by atoms with Crippen LogP contribution in [0.15, 0.2) is 76.0 Å². The second-order valence-corrected chi connectivity index (χ2v) is 13.7. The molecule has 2 aromatic carbocycles. The number of aromatic nitrogens is 1. The Labute approximate surface area is 248 Å². The molecule has 0 fully saturated rings. The van der Waals surface area contributed by atoms with Crippen LogP contribution in [-0.2, 0) is 40.7 Å². The molecule has 0 aliphatic heterocycles. The van der Waals surface area contributed by atoms with Crippen LogP contribution in [-0.4, -0.2) is 69.6 Å². The Morgan fingerprint density at radius 3 is 2.31 bits per heavy atom. The number of sulfone groups is 1. The molecule has 12 nitrogen and oxygen atoms in total. The van der Waals surface area contributed by atoms with Gasteiger partial charge in [-0.1, -0.05) is 53.6 Å². The van der Waals surface area contributed by atoms with Gasteiger partial charge >= 0.3 is 5.97 Å². The molecule has 1 heterocycles. The van der Waals surface area contributed by atoms with Gasteiger partial charge in [-0.15, -0.1) is 0 Å². The molecule has 15 heteroatoms. The lowest BCUT2D eigenvalue weighted by Crippen LogP contribution is -2.50. The summed E-state index contributed by atoms with van der Waals surface area (Å²) in [4.78, 5) is 41.4. The topological polar surface area (TPSA) is 189 Å². The van der Waals surface area contributed by atoms with Gasteiger partial charge in [-0.3, -0.25) is 19.4 Å². The van der Waals surface area contributed by atoms with Crippen LogP contribution in [0.5, 0.6) is 0 Å². The highest BCUT2D eigenvalue weighted by molar-refractivity contribution is 7.96. The van der Waals surface area contributed by atoms with Gasteiger partial charge in [-0.2, -0.15) is 4.72 Å². The molecule has 0 saturated heterocycles. The van der Waals surface area contributed by atoms with E-state index >= 15 is 0 Å². The summed E-state index contributed by atoms with van der Waals surface area (Å²) >= 11 is 5.71. The molecule has 0 saturated carbocycles. The summed E-state index contributed by atoms with van der Waals surface area (Å²) in [6.07, 6.45) is 0.846. The van der Waals surface area contributed by atoms with Crippen LogP contribution in [0.4, 0.5) is 0 Å². The van der Waals surface area contributed by atoms with Gasteiger partial charge in [0.2, 0.25) is 21.8 Å². The first kappa shape index (κ1) is 32.7. The lowest BCUT2D eigenvalue weighted by molar-refractivity contribution is -0.137. The second kappa shape index (κ2) is 13.9. The minimum atomic E-state index is -4.17. The average Bonchev–Trinajstić information content (AvgIpc) is 2.90. The predicted octanol–water partition coefficient (Wildman–Crippen LogP) is 1.63. The van der Waals surface area contributed by atoms with Crippen molar-refractivity contribution in [3.8, 4) is 0 Å². The molecule has 3 aromatic rings.